The van der Waals surface area contributed by atoms with Gasteiger partial charge in [0.2, 0.25) is 5.91 Å². The lowest BCUT2D eigenvalue weighted by Crippen LogP contribution is -2.39. The number of thioether (sulfide) groups is 1. The van der Waals surface area contributed by atoms with Gasteiger partial charge in [-0.1, -0.05) is 106 Å². The van der Waals surface area contributed by atoms with Crippen LogP contribution in [-0.2, 0) is 20.8 Å². The standard InChI is InChI=1S/C29H33N3O3S2/c1-3-5-11-20(4-2)18-32-28(35)26(37-29(32)36)25-22-14-9-10-15-23(22)31(27(25)34)19-24(33)30-17-16-21-12-7-6-8-13-21/h6-10,12-15,20H,3-5,11,16-19H2,1-2H3,(H,30,33)/b26-25-/t20-/m0/s1. The van der Waals surface area contributed by atoms with Crippen molar-refractivity contribution in [3.8, 4) is 0 Å². The molecule has 37 heavy (non-hydrogen) atoms. The lowest BCUT2D eigenvalue weighted by atomic mass is 9.98. The van der Waals surface area contributed by atoms with Crippen molar-refractivity contribution < 1.29 is 14.4 Å². The molecule has 1 saturated heterocycles. The third kappa shape index (κ3) is 6.13. The summed E-state index contributed by atoms with van der Waals surface area (Å²) in [6.45, 7) is 5.24. The number of hydrogen-bond acceptors (Lipinski definition) is 5. The van der Waals surface area contributed by atoms with Crippen molar-refractivity contribution in [3.05, 3.63) is 70.6 Å². The highest BCUT2D eigenvalue weighted by molar-refractivity contribution is 8.26. The largest absolute Gasteiger partial charge is 0.354 e. The van der Waals surface area contributed by atoms with Crippen LogP contribution in [0.25, 0.3) is 5.57 Å². The van der Waals surface area contributed by atoms with Crippen molar-refractivity contribution >= 4 is 57.3 Å². The summed E-state index contributed by atoms with van der Waals surface area (Å²) >= 11 is 6.77. The Kier molecular flexibility index (Phi) is 9.16. The van der Waals surface area contributed by atoms with Gasteiger partial charge in [-0.3, -0.25) is 24.2 Å². The van der Waals surface area contributed by atoms with Gasteiger partial charge in [0.1, 0.15) is 10.9 Å². The zero-order valence-corrected chi connectivity index (χ0v) is 23.0. The summed E-state index contributed by atoms with van der Waals surface area (Å²) in [4.78, 5) is 43.4. The van der Waals surface area contributed by atoms with Gasteiger partial charge in [0.15, 0.2) is 0 Å². The van der Waals surface area contributed by atoms with Gasteiger partial charge in [-0.05, 0) is 30.4 Å². The first-order chi connectivity index (χ1) is 17.9. The van der Waals surface area contributed by atoms with Gasteiger partial charge in [0, 0.05) is 18.7 Å². The fraction of sp³-hybridized carbons (Fsp3) is 0.379. The van der Waals surface area contributed by atoms with Crippen LogP contribution in [0.2, 0.25) is 0 Å². The second-order valence-electron chi connectivity index (χ2n) is 9.40. The van der Waals surface area contributed by atoms with Crippen LogP contribution >= 0.6 is 24.0 Å². The van der Waals surface area contributed by atoms with E-state index in [1.165, 1.54) is 16.7 Å². The number of unbranched alkanes of at least 4 members (excludes halogenated alkanes) is 1. The minimum atomic E-state index is -0.335. The summed E-state index contributed by atoms with van der Waals surface area (Å²) in [5.74, 6) is -0.417. The molecule has 2 heterocycles. The van der Waals surface area contributed by atoms with Crippen LogP contribution in [0.1, 0.15) is 50.7 Å². The first kappa shape index (κ1) is 27.1. The Balaban J connectivity index is 1.50. The minimum Gasteiger partial charge on any atom is -0.354 e. The number of nitrogens with one attached hydrogen (secondary N) is 1. The van der Waals surface area contributed by atoms with E-state index < -0.39 is 0 Å². The molecule has 0 saturated carbocycles. The number of carbonyl (C=O) groups excluding carboxylic acids is 3. The average molecular weight is 536 g/mol. The van der Waals surface area contributed by atoms with Crippen molar-refractivity contribution in [1.29, 1.82) is 0 Å². The van der Waals surface area contributed by atoms with Gasteiger partial charge in [-0.25, -0.2) is 0 Å². The summed E-state index contributed by atoms with van der Waals surface area (Å²) in [7, 11) is 0. The van der Waals surface area contributed by atoms with Gasteiger partial charge in [-0.15, -0.1) is 0 Å². The maximum Gasteiger partial charge on any atom is 0.267 e. The number of amides is 3. The number of hydrogen-bond donors (Lipinski definition) is 1. The average Bonchev–Trinajstić information content (AvgIpc) is 3.33. The minimum absolute atomic E-state index is 0.108. The molecule has 2 aliphatic rings. The molecule has 6 nitrogen and oxygen atoms in total. The highest BCUT2D eigenvalue weighted by Gasteiger charge is 2.42. The summed E-state index contributed by atoms with van der Waals surface area (Å²) < 4.78 is 0.491. The second kappa shape index (κ2) is 12.5. The molecule has 0 unspecified atom stereocenters. The van der Waals surface area contributed by atoms with Crippen LogP contribution in [-0.4, -0.2) is 46.6 Å². The molecule has 2 aromatic rings. The van der Waals surface area contributed by atoms with Crippen molar-refractivity contribution in [2.45, 2.75) is 46.0 Å². The van der Waals surface area contributed by atoms with Gasteiger partial charge in [-0.2, -0.15) is 0 Å². The molecule has 2 aliphatic heterocycles. The van der Waals surface area contributed by atoms with Gasteiger partial charge < -0.3 is 5.32 Å². The van der Waals surface area contributed by atoms with Crippen molar-refractivity contribution in [3.63, 3.8) is 0 Å². The topological polar surface area (TPSA) is 69.7 Å². The fourth-order valence-corrected chi connectivity index (χ4v) is 6.08. The summed E-state index contributed by atoms with van der Waals surface area (Å²) in [5.41, 5.74) is 2.78. The van der Waals surface area contributed by atoms with E-state index in [0.29, 0.717) is 51.5 Å². The van der Waals surface area contributed by atoms with Crippen LogP contribution in [0.5, 0.6) is 0 Å². The third-order valence-corrected chi connectivity index (χ3v) is 8.31. The van der Waals surface area contributed by atoms with Gasteiger partial charge >= 0.3 is 0 Å². The molecule has 1 fully saturated rings. The SMILES string of the molecule is CCCC[C@H](CC)CN1C(=O)/C(=C2/C(=O)N(CC(=O)NCCc3ccccc3)c3ccccc32)SC1=S. The van der Waals surface area contributed by atoms with E-state index in [1.807, 2.05) is 54.6 Å². The highest BCUT2D eigenvalue weighted by Crippen LogP contribution is 2.44. The van der Waals surface area contributed by atoms with E-state index in [-0.39, 0.29) is 24.3 Å². The summed E-state index contributed by atoms with van der Waals surface area (Å²) in [5, 5.41) is 2.91. The number of benzene rings is 2. The molecule has 4 rings (SSSR count). The maximum absolute atomic E-state index is 13.6. The predicted molar refractivity (Wildman–Crippen MR) is 154 cm³/mol. The van der Waals surface area contributed by atoms with Crippen LogP contribution < -0.4 is 10.2 Å². The molecular weight excluding hydrogens is 502 g/mol. The lowest BCUT2D eigenvalue weighted by molar-refractivity contribution is -0.123. The Hall–Kier alpha value is -2.97. The van der Waals surface area contributed by atoms with E-state index in [4.69, 9.17) is 12.2 Å². The van der Waals surface area contributed by atoms with Crippen molar-refractivity contribution in [2.75, 3.05) is 24.5 Å². The zero-order valence-electron chi connectivity index (χ0n) is 21.4. The normalized spacial score (nSPS) is 17.9. The third-order valence-electron chi connectivity index (χ3n) is 6.86. The number of nitrogens with zero attached hydrogens (tertiary/aromatic N) is 2. The van der Waals surface area contributed by atoms with Crippen molar-refractivity contribution in [2.24, 2.45) is 5.92 Å². The summed E-state index contributed by atoms with van der Waals surface area (Å²) in [6.07, 6.45) is 4.95. The van der Waals surface area contributed by atoms with E-state index in [2.05, 4.69) is 19.2 Å². The number of carbonyl (C=O) groups is 3. The van der Waals surface area contributed by atoms with Crippen LogP contribution in [0.15, 0.2) is 59.5 Å². The van der Waals surface area contributed by atoms with Crippen molar-refractivity contribution in [1.82, 2.24) is 10.2 Å². The molecule has 0 radical (unpaired) electrons. The Labute approximate surface area is 228 Å². The summed E-state index contributed by atoms with van der Waals surface area (Å²) in [6, 6.07) is 17.2. The molecule has 194 valence electrons. The van der Waals surface area contributed by atoms with Gasteiger partial charge in [0.05, 0.1) is 16.2 Å². The Morgan fingerprint density at radius 1 is 1.00 bits per heavy atom. The molecule has 0 spiro atoms. The molecule has 0 aromatic heterocycles. The molecule has 0 aliphatic carbocycles. The first-order valence-corrected chi connectivity index (χ1v) is 14.2. The monoisotopic (exact) mass is 535 g/mol. The molecule has 8 heteroatoms. The number of thiocarbonyl (C=S) groups is 1. The lowest BCUT2D eigenvalue weighted by Gasteiger charge is -2.21. The number of rotatable bonds is 11. The number of anilines is 1. The Morgan fingerprint density at radius 2 is 1.73 bits per heavy atom. The van der Waals surface area contributed by atoms with E-state index in [1.54, 1.807) is 4.90 Å². The van der Waals surface area contributed by atoms with Crippen LogP contribution in [0, 0.1) is 5.92 Å². The zero-order chi connectivity index (χ0) is 26.4. The number of para-hydroxylation sites is 1. The van der Waals surface area contributed by atoms with Crippen LogP contribution in [0.3, 0.4) is 0 Å². The molecule has 1 atom stereocenters. The molecule has 0 bridgehead atoms. The number of fused-ring (bicyclic) bond motifs is 1. The molecule has 1 N–H and O–H groups in total. The smallest absolute Gasteiger partial charge is 0.267 e. The Bertz CT molecular complexity index is 1210. The fourth-order valence-electron chi connectivity index (χ4n) is 4.73. The van der Waals surface area contributed by atoms with E-state index in [0.717, 1.165) is 31.2 Å². The quantitative estimate of drug-likeness (QED) is 0.317. The molecule has 3 amide bonds. The molecular formula is C29H33N3O3S2. The maximum atomic E-state index is 13.6. The van der Waals surface area contributed by atoms with E-state index >= 15 is 0 Å². The second-order valence-corrected chi connectivity index (χ2v) is 11.0. The first-order valence-electron chi connectivity index (χ1n) is 12.9. The highest BCUT2D eigenvalue weighted by atomic mass is 32.2. The molecule has 2 aromatic carbocycles. The Morgan fingerprint density at radius 3 is 2.46 bits per heavy atom. The van der Waals surface area contributed by atoms with Gasteiger partial charge in [0.25, 0.3) is 11.8 Å². The predicted octanol–water partition coefficient (Wildman–Crippen LogP) is 5.18. The van der Waals surface area contributed by atoms with Crippen LogP contribution in [0.4, 0.5) is 5.69 Å². The van der Waals surface area contributed by atoms with E-state index in [9.17, 15) is 14.4 Å².